The molecule has 0 bridgehead atoms. The third kappa shape index (κ3) is 3.24. The summed E-state index contributed by atoms with van der Waals surface area (Å²) >= 11 is 0. The van der Waals surface area contributed by atoms with Crippen molar-refractivity contribution in [3.05, 3.63) is 29.8 Å². The molecular formula is C12H17NO3. The summed E-state index contributed by atoms with van der Waals surface area (Å²) in [5.41, 5.74) is 0.758. The van der Waals surface area contributed by atoms with Gasteiger partial charge in [0.25, 0.3) is 0 Å². The van der Waals surface area contributed by atoms with E-state index in [1.54, 1.807) is 18.2 Å². The predicted octanol–water partition coefficient (Wildman–Crippen LogP) is 1.81. The number of rotatable bonds is 5. The zero-order valence-corrected chi connectivity index (χ0v) is 9.47. The van der Waals surface area contributed by atoms with Crippen molar-refractivity contribution in [2.75, 3.05) is 11.9 Å². The van der Waals surface area contributed by atoms with Gasteiger partial charge in [0.05, 0.1) is 11.7 Å². The van der Waals surface area contributed by atoms with Crippen molar-refractivity contribution in [2.24, 2.45) is 5.92 Å². The lowest BCUT2D eigenvalue weighted by atomic mass is 10.1. The minimum Gasteiger partial charge on any atom is -0.478 e. The highest BCUT2D eigenvalue weighted by Gasteiger charge is 2.12. The Bertz CT molecular complexity index is 363. The molecule has 0 aliphatic carbocycles. The van der Waals surface area contributed by atoms with Crippen molar-refractivity contribution < 1.29 is 15.0 Å². The van der Waals surface area contributed by atoms with Crippen molar-refractivity contribution in [3.8, 4) is 0 Å². The molecule has 1 aromatic carbocycles. The van der Waals surface area contributed by atoms with Crippen LogP contribution in [0, 0.1) is 5.92 Å². The average molecular weight is 223 g/mol. The molecule has 16 heavy (non-hydrogen) atoms. The Morgan fingerprint density at radius 3 is 2.56 bits per heavy atom. The molecule has 1 aromatic rings. The molecular weight excluding hydrogens is 206 g/mol. The molecule has 0 aliphatic rings. The Kier molecular flexibility index (Phi) is 4.31. The number of hydrogen-bond acceptors (Lipinski definition) is 3. The van der Waals surface area contributed by atoms with Crippen LogP contribution in [0.1, 0.15) is 24.2 Å². The van der Waals surface area contributed by atoms with Crippen LogP contribution in [-0.4, -0.2) is 28.8 Å². The number of aromatic carboxylic acids is 1. The van der Waals surface area contributed by atoms with E-state index in [4.69, 9.17) is 5.11 Å². The Morgan fingerprint density at radius 2 is 2.00 bits per heavy atom. The largest absolute Gasteiger partial charge is 0.478 e. The molecule has 0 aliphatic heterocycles. The lowest BCUT2D eigenvalue weighted by Gasteiger charge is -2.16. The summed E-state index contributed by atoms with van der Waals surface area (Å²) in [6.45, 7) is 4.17. The van der Waals surface area contributed by atoms with Crippen LogP contribution in [0.4, 0.5) is 5.69 Å². The van der Waals surface area contributed by atoms with Crippen LogP contribution in [0.25, 0.3) is 0 Å². The maximum Gasteiger partial charge on any atom is 0.337 e. The van der Waals surface area contributed by atoms with Gasteiger partial charge < -0.3 is 15.5 Å². The molecule has 4 heteroatoms. The number of carboxylic acid groups (broad SMARTS) is 1. The zero-order chi connectivity index (χ0) is 12.1. The number of anilines is 1. The molecule has 88 valence electrons. The molecule has 1 atom stereocenters. The SMILES string of the molecule is CC(C)C(O)CNc1ccccc1C(=O)O. The lowest BCUT2D eigenvalue weighted by molar-refractivity contribution is 0.0697. The molecule has 0 saturated carbocycles. The van der Waals surface area contributed by atoms with Crippen molar-refractivity contribution in [3.63, 3.8) is 0 Å². The highest BCUT2D eigenvalue weighted by molar-refractivity contribution is 5.94. The van der Waals surface area contributed by atoms with Gasteiger partial charge >= 0.3 is 5.97 Å². The third-order valence-corrected chi connectivity index (χ3v) is 2.43. The molecule has 0 aromatic heterocycles. The van der Waals surface area contributed by atoms with E-state index < -0.39 is 12.1 Å². The smallest absolute Gasteiger partial charge is 0.337 e. The van der Waals surface area contributed by atoms with E-state index in [0.717, 1.165) is 0 Å². The molecule has 0 radical (unpaired) electrons. The van der Waals surface area contributed by atoms with Crippen LogP contribution in [0.5, 0.6) is 0 Å². The number of aliphatic hydroxyl groups is 1. The second kappa shape index (κ2) is 5.51. The van der Waals surface area contributed by atoms with Gasteiger partial charge in [0.15, 0.2) is 0 Å². The normalized spacial score (nSPS) is 12.5. The molecule has 0 spiro atoms. The fourth-order valence-corrected chi connectivity index (χ4v) is 1.27. The van der Waals surface area contributed by atoms with E-state index in [1.165, 1.54) is 6.07 Å². The third-order valence-electron chi connectivity index (χ3n) is 2.43. The number of carbonyl (C=O) groups is 1. The summed E-state index contributed by atoms with van der Waals surface area (Å²) in [6.07, 6.45) is -0.484. The van der Waals surface area contributed by atoms with Gasteiger partial charge in [-0.15, -0.1) is 0 Å². The van der Waals surface area contributed by atoms with Gasteiger partial charge in [0.1, 0.15) is 0 Å². The Labute approximate surface area is 94.9 Å². The molecule has 0 heterocycles. The van der Waals surface area contributed by atoms with Gasteiger partial charge in [-0.05, 0) is 18.1 Å². The highest BCUT2D eigenvalue weighted by atomic mass is 16.4. The van der Waals surface area contributed by atoms with E-state index in [9.17, 15) is 9.90 Å². The fraction of sp³-hybridized carbons (Fsp3) is 0.417. The highest BCUT2D eigenvalue weighted by Crippen LogP contribution is 2.15. The number of aliphatic hydroxyl groups excluding tert-OH is 1. The van der Waals surface area contributed by atoms with Crippen molar-refractivity contribution >= 4 is 11.7 Å². The molecule has 0 amide bonds. The first-order valence-corrected chi connectivity index (χ1v) is 5.26. The van der Waals surface area contributed by atoms with Crippen LogP contribution < -0.4 is 5.32 Å². The Balaban J connectivity index is 2.70. The monoisotopic (exact) mass is 223 g/mol. The van der Waals surface area contributed by atoms with E-state index in [2.05, 4.69) is 5.32 Å². The van der Waals surface area contributed by atoms with E-state index in [0.29, 0.717) is 12.2 Å². The predicted molar refractivity (Wildman–Crippen MR) is 62.7 cm³/mol. The first kappa shape index (κ1) is 12.5. The summed E-state index contributed by atoms with van der Waals surface area (Å²) in [4.78, 5) is 10.9. The van der Waals surface area contributed by atoms with Gasteiger partial charge in [0.2, 0.25) is 0 Å². The molecule has 1 unspecified atom stereocenters. The minimum atomic E-state index is -0.970. The summed E-state index contributed by atoms with van der Waals surface area (Å²) < 4.78 is 0. The summed E-state index contributed by atoms with van der Waals surface area (Å²) in [6, 6.07) is 6.66. The molecule has 3 N–H and O–H groups in total. The summed E-state index contributed by atoms with van der Waals surface area (Å²) in [5.74, 6) is -0.827. The minimum absolute atomic E-state index is 0.143. The van der Waals surface area contributed by atoms with Crippen LogP contribution in [0.15, 0.2) is 24.3 Å². The standard InChI is InChI=1S/C12H17NO3/c1-8(2)11(14)7-13-10-6-4-3-5-9(10)12(15)16/h3-6,8,11,13-14H,7H2,1-2H3,(H,15,16). The topological polar surface area (TPSA) is 69.6 Å². The second-order valence-electron chi connectivity index (χ2n) is 4.04. The van der Waals surface area contributed by atoms with E-state index in [-0.39, 0.29) is 11.5 Å². The maximum absolute atomic E-state index is 10.9. The van der Waals surface area contributed by atoms with Crippen molar-refractivity contribution in [2.45, 2.75) is 20.0 Å². The number of benzene rings is 1. The zero-order valence-electron chi connectivity index (χ0n) is 9.47. The van der Waals surface area contributed by atoms with Crippen LogP contribution in [0.3, 0.4) is 0 Å². The van der Waals surface area contributed by atoms with Crippen LogP contribution in [0.2, 0.25) is 0 Å². The van der Waals surface area contributed by atoms with E-state index in [1.807, 2.05) is 13.8 Å². The van der Waals surface area contributed by atoms with Gasteiger partial charge in [-0.2, -0.15) is 0 Å². The second-order valence-corrected chi connectivity index (χ2v) is 4.04. The maximum atomic E-state index is 10.9. The van der Waals surface area contributed by atoms with Gasteiger partial charge in [-0.25, -0.2) is 4.79 Å². The van der Waals surface area contributed by atoms with Crippen LogP contribution >= 0.6 is 0 Å². The number of para-hydroxylation sites is 1. The van der Waals surface area contributed by atoms with Gasteiger partial charge in [-0.1, -0.05) is 26.0 Å². The molecule has 4 nitrogen and oxygen atoms in total. The number of hydrogen-bond donors (Lipinski definition) is 3. The fourth-order valence-electron chi connectivity index (χ4n) is 1.27. The van der Waals surface area contributed by atoms with Gasteiger partial charge in [-0.3, -0.25) is 0 Å². The van der Waals surface area contributed by atoms with Crippen molar-refractivity contribution in [1.82, 2.24) is 0 Å². The molecule has 0 fully saturated rings. The van der Waals surface area contributed by atoms with E-state index >= 15 is 0 Å². The van der Waals surface area contributed by atoms with Crippen molar-refractivity contribution in [1.29, 1.82) is 0 Å². The quantitative estimate of drug-likeness (QED) is 0.712. The Morgan fingerprint density at radius 1 is 1.38 bits per heavy atom. The average Bonchev–Trinajstić information content (AvgIpc) is 2.25. The lowest BCUT2D eigenvalue weighted by Crippen LogP contribution is -2.25. The van der Waals surface area contributed by atoms with Gasteiger partial charge in [0, 0.05) is 12.2 Å². The molecule has 0 saturated heterocycles. The first-order chi connectivity index (χ1) is 7.52. The summed E-state index contributed by atoms with van der Waals surface area (Å²) in [7, 11) is 0. The number of nitrogens with one attached hydrogen (secondary N) is 1. The summed E-state index contributed by atoms with van der Waals surface area (Å²) in [5, 5.41) is 21.5. The molecule has 1 rings (SSSR count). The Hall–Kier alpha value is -1.55. The first-order valence-electron chi connectivity index (χ1n) is 5.26. The number of carboxylic acids is 1. The van der Waals surface area contributed by atoms with Crippen LogP contribution in [-0.2, 0) is 0 Å².